The van der Waals surface area contributed by atoms with Gasteiger partial charge in [0.05, 0.1) is 5.69 Å². The van der Waals surface area contributed by atoms with E-state index in [4.69, 9.17) is 0 Å². The molecule has 0 saturated heterocycles. The molecule has 0 radical (unpaired) electrons. The number of hydrogen-bond donors (Lipinski definition) is 1. The molecule has 0 unspecified atom stereocenters. The molecule has 0 atom stereocenters. The Morgan fingerprint density at radius 2 is 1.86 bits per heavy atom. The maximum atomic E-state index is 4.42. The van der Waals surface area contributed by atoms with Crippen molar-refractivity contribution in [2.45, 2.75) is 0 Å². The normalized spacial score (nSPS) is 10.4. The van der Waals surface area contributed by atoms with Gasteiger partial charge in [0.25, 0.3) is 0 Å². The first-order chi connectivity index (χ1) is 10.2. The van der Waals surface area contributed by atoms with E-state index in [1.807, 2.05) is 61.5 Å². The van der Waals surface area contributed by atoms with Crippen LogP contribution in [0, 0.1) is 0 Å². The van der Waals surface area contributed by atoms with Gasteiger partial charge in [-0.15, -0.1) is 5.10 Å². The van der Waals surface area contributed by atoms with Crippen molar-refractivity contribution in [3.8, 4) is 5.69 Å². The molecule has 3 aromatic rings. The Hall–Kier alpha value is -2.89. The van der Waals surface area contributed by atoms with Gasteiger partial charge in [-0.05, 0) is 18.2 Å². The van der Waals surface area contributed by atoms with Crippen LogP contribution < -0.4 is 10.2 Å². The van der Waals surface area contributed by atoms with Crippen molar-refractivity contribution in [3.63, 3.8) is 0 Å². The molecule has 0 aliphatic heterocycles. The molecule has 106 valence electrons. The van der Waals surface area contributed by atoms with Crippen LogP contribution in [0.25, 0.3) is 5.69 Å². The van der Waals surface area contributed by atoms with Crippen molar-refractivity contribution in [3.05, 3.63) is 55.0 Å². The van der Waals surface area contributed by atoms with E-state index in [0.717, 1.165) is 17.2 Å². The minimum absolute atomic E-state index is 0.560. The number of aromatic nitrogens is 4. The second-order valence-electron chi connectivity index (χ2n) is 4.77. The number of rotatable bonds is 4. The SMILES string of the molecule is CN(C)c1cc(-n2cnc(Nc3ccccc3)n2)ccn1. The van der Waals surface area contributed by atoms with Gasteiger partial charge in [0.2, 0.25) is 5.95 Å². The lowest BCUT2D eigenvalue weighted by molar-refractivity contribution is 0.876. The molecule has 0 aliphatic carbocycles. The number of nitrogens with one attached hydrogen (secondary N) is 1. The van der Waals surface area contributed by atoms with Crippen LogP contribution in [-0.2, 0) is 0 Å². The molecule has 6 nitrogen and oxygen atoms in total. The first-order valence-corrected chi connectivity index (χ1v) is 6.60. The molecule has 0 saturated carbocycles. The zero-order valence-corrected chi connectivity index (χ0v) is 11.9. The van der Waals surface area contributed by atoms with Crippen molar-refractivity contribution < 1.29 is 0 Å². The van der Waals surface area contributed by atoms with Gasteiger partial charge >= 0.3 is 0 Å². The van der Waals surface area contributed by atoms with Gasteiger partial charge in [0.1, 0.15) is 12.1 Å². The summed E-state index contributed by atoms with van der Waals surface area (Å²) in [6.45, 7) is 0. The molecule has 21 heavy (non-hydrogen) atoms. The molecule has 0 aliphatic rings. The smallest absolute Gasteiger partial charge is 0.246 e. The number of pyridine rings is 1. The molecule has 0 spiro atoms. The Kier molecular flexibility index (Phi) is 3.51. The van der Waals surface area contributed by atoms with Crippen molar-refractivity contribution in [1.29, 1.82) is 0 Å². The maximum Gasteiger partial charge on any atom is 0.246 e. The van der Waals surface area contributed by atoms with Gasteiger partial charge in [-0.1, -0.05) is 18.2 Å². The number of para-hydroxylation sites is 1. The Bertz CT molecular complexity index is 720. The molecular formula is C15H16N6. The molecule has 3 rings (SSSR count). The van der Waals surface area contributed by atoms with Crippen molar-refractivity contribution in [2.24, 2.45) is 0 Å². The van der Waals surface area contributed by atoms with E-state index in [0.29, 0.717) is 5.95 Å². The lowest BCUT2D eigenvalue weighted by Gasteiger charge is -2.11. The lowest BCUT2D eigenvalue weighted by atomic mass is 10.3. The zero-order chi connectivity index (χ0) is 14.7. The standard InChI is InChI=1S/C15H16N6/c1-20(2)14-10-13(8-9-16-14)21-11-17-15(19-21)18-12-6-4-3-5-7-12/h3-11H,1-2H3,(H,18,19). The lowest BCUT2D eigenvalue weighted by Crippen LogP contribution is -2.11. The van der Waals surface area contributed by atoms with Crippen LogP contribution in [0.4, 0.5) is 17.5 Å². The molecule has 0 fully saturated rings. The van der Waals surface area contributed by atoms with Crippen LogP contribution in [0.2, 0.25) is 0 Å². The number of benzene rings is 1. The number of nitrogens with zero attached hydrogens (tertiary/aromatic N) is 5. The highest BCUT2D eigenvalue weighted by Crippen LogP contribution is 2.15. The maximum absolute atomic E-state index is 4.42. The molecule has 1 N–H and O–H groups in total. The Labute approximate surface area is 123 Å². The third kappa shape index (κ3) is 3.00. The van der Waals surface area contributed by atoms with Gasteiger partial charge in [-0.3, -0.25) is 0 Å². The quantitative estimate of drug-likeness (QED) is 0.795. The number of anilines is 3. The largest absolute Gasteiger partial charge is 0.363 e. The van der Waals surface area contributed by atoms with Gasteiger partial charge < -0.3 is 10.2 Å². The number of hydrogen-bond acceptors (Lipinski definition) is 5. The van der Waals surface area contributed by atoms with Crippen molar-refractivity contribution >= 4 is 17.5 Å². The first kappa shape index (κ1) is 13.1. The Morgan fingerprint density at radius 3 is 2.62 bits per heavy atom. The monoisotopic (exact) mass is 280 g/mol. The minimum Gasteiger partial charge on any atom is -0.363 e. The molecular weight excluding hydrogens is 264 g/mol. The predicted octanol–water partition coefficient (Wildman–Crippen LogP) is 2.47. The fourth-order valence-corrected chi connectivity index (χ4v) is 1.89. The highest BCUT2D eigenvalue weighted by molar-refractivity contribution is 5.52. The summed E-state index contributed by atoms with van der Waals surface area (Å²) in [6, 6.07) is 13.7. The van der Waals surface area contributed by atoms with E-state index in [1.165, 1.54) is 0 Å². The summed E-state index contributed by atoms with van der Waals surface area (Å²) in [5.74, 6) is 1.44. The molecule has 0 bridgehead atoms. The molecule has 2 heterocycles. The van der Waals surface area contributed by atoms with Crippen LogP contribution in [0.3, 0.4) is 0 Å². The predicted molar refractivity (Wildman–Crippen MR) is 83.2 cm³/mol. The van der Waals surface area contributed by atoms with E-state index in [2.05, 4.69) is 20.4 Å². The summed E-state index contributed by atoms with van der Waals surface area (Å²) < 4.78 is 1.72. The fraction of sp³-hybridized carbons (Fsp3) is 0.133. The summed E-state index contributed by atoms with van der Waals surface area (Å²) in [6.07, 6.45) is 3.44. The third-order valence-corrected chi connectivity index (χ3v) is 2.97. The third-order valence-electron chi connectivity index (χ3n) is 2.97. The van der Waals surface area contributed by atoms with Crippen molar-refractivity contribution in [1.82, 2.24) is 19.7 Å². The van der Waals surface area contributed by atoms with Crippen LogP contribution in [0.5, 0.6) is 0 Å². The van der Waals surface area contributed by atoms with Crippen molar-refractivity contribution in [2.75, 3.05) is 24.3 Å². The summed E-state index contributed by atoms with van der Waals surface area (Å²) in [5.41, 5.74) is 1.88. The first-order valence-electron chi connectivity index (χ1n) is 6.60. The molecule has 1 aromatic carbocycles. The Balaban J connectivity index is 1.83. The average Bonchev–Trinajstić information content (AvgIpc) is 2.97. The second-order valence-corrected chi connectivity index (χ2v) is 4.77. The second kappa shape index (κ2) is 5.62. The van der Waals surface area contributed by atoms with Crippen LogP contribution in [-0.4, -0.2) is 33.8 Å². The van der Waals surface area contributed by atoms with Crippen LogP contribution >= 0.6 is 0 Å². The molecule has 2 aromatic heterocycles. The van der Waals surface area contributed by atoms with Gasteiger partial charge in [0, 0.05) is 32.0 Å². The highest BCUT2D eigenvalue weighted by atomic mass is 15.4. The molecule has 6 heteroatoms. The van der Waals surface area contributed by atoms with Gasteiger partial charge in [-0.25, -0.2) is 9.67 Å². The minimum atomic E-state index is 0.560. The fourth-order valence-electron chi connectivity index (χ4n) is 1.89. The van der Waals surface area contributed by atoms with E-state index in [9.17, 15) is 0 Å². The van der Waals surface area contributed by atoms with Gasteiger partial charge in [-0.2, -0.15) is 4.98 Å². The summed E-state index contributed by atoms with van der Waals surface area (Å²) in [4.78, 5) is 10.5. The van der Waals surface area contributed by atoms with Gasteiger partial charge in [0.15, 0.2) is 0 Å². The average molecular weight is 280 g/mol. The highest BCUT2D eigenvalue weighted by Gasteiger charge is 2.05. The summed E-state index contributed by atoms with van der Waals surface area (Å²) in [7, 11) is 3.91. The Morgan fingerprint density at radius 1 is 1.05 bits per heavy atom. The van der Waals surface area contributed by atoms with E-state index < -0.39 is 0 Å². The topological polar surface area (TPSA) is 58.9 Å². The summed E-state index contributed by atoms with van der Waals surface area (Å²) >= 11 is 0. The van der Waals surface area contributed by atoms with E-state index >= 15 is 0 Å². The molecule has 0 amide bonds. The van der Waals surface area contributed by atoms with Crippen LogP contribution in [0.1, 0.15) is 0 Å². The van der Waals surface area contributed by atoms with E-state index in [-0.39, 0.29) is 0 Å². The van der Waals surface area contributed by atoms with Crippen LogP contribution in [0.15, 0.2) is 55.0 Å². The zero-order valence-electron chi connectivity index (χ0n) is 11.9. The van der Waals surface area contributed by atoms with E-state index in [1.54, 1.807) is 17.2 Å². The summed E-state index contributed by atoms with van der Waals surface area (Å²) in [5, 5.41) is 7.59.